The molecule has 2 rings (SSSR count). The van der Waals surface area contributed by atoms with Gasteiger partial charge < -0.3 is 14.2 Å². The average Bonchev–Trinajstić information content (AvgIpc) is 3.07. The van der Waals surface area contributed by atoms with E-state index in [0.717, 1.165) is 12.0 Å². The fourth-order valence-electron chi connectivity index (χ4n) is 2.12. The van der Waals surface area contributed by atoms with Crippen molar-refractivity contribution < 1.29 is 19.0 Å². The molecule has 0 atom stereocenters. The standard InChI is InChI=1S/C19H25N3O4S/c1-13(2)9-10-26-15-7-5-14(11-16(15)25-4)6-8-17(23)20-19-22-21-18(27-19)12-24-3/h5-8,11,13H,9-10,12H2,1-4H3,(H,20,22,23)/b8-6+. The monoisotopic (exact) mass is 391 g/mol. The van der Waals surface area contributed by atoms with Gasteiger partial charge in [0.25, 0.3) is 0 Å². The quantitative estimate of drug-likeness (QED) is 0.621. The molecule has 0 aliphatic heterocycles. The lowest BCUT2D eigenvalue weighted by molar-refractivity contribution is -0.111. The molecule has 146 valence electrons. The van der Waals surface area contributed by atoms with Gasteiger partial charge in [0, 0.05) is 13.2 Å². The van der Waals surface area contributed by atoms with E-state index in [4.69, 9.17) is 14.2 Å². The summed E-state index contributed by atoms with van der Waals surface area (Å²) in [4.78, 5) is 12.0. The number of anilines is 1. The smallest absolute Gasteiger partial charge is 0.250 e. The summed E-state index contributed by atoms with van der Waals surface area (Å²) in [6.45, 7) is 5.31. The molecule has 1 heterocycles. The second-order valence-electron chi connectivity index (χ2n) is 6.20. The molecule has 0 fully saturated rings. The van der Waals surface area contributed by atoms with Crippen LogP contribution in [-0.2, 0) is 16.1 Å². The van der Waals surface area contributed by atoms with Crippen LogP contribution >= 0.6 is 11.3 Å². The van der Waals surface area contributed by atoms with Gasteiger partial charge in [-0.2, -0.15) is 0 Å². The number of nitrogens with zero attached hydrogens (tertiary/aromatic N) is 2. The number of ether oxygens (including phenoxy) is 3. The molecule has 0 saturated carbocycles. The van der Waals surface area contributed by atoms with Crippen molar-refractivity contribution in [3.8, 4) is 11.5 Å². The molecule has 0 bridgehead atoms. The van der Waals surface area contributed by atoms with Crippen molar-refractivity contribution in [2.24, 2.45) is 5.92 Å². The molecule has 8 heteroatoms. The maximum atomic E-state index is 12.0. The van der Waals surface area contributed by atoms with E-state index in [-0.39, 0.29) is 5.91 Å². The Morgan fingerprint density at radius 1 is 1.26 bits per heavy atom. The first-order valence-electron chi connectivity index (χ1n) is 8.63. The van der Waals surface area contributed by atoms with Crippen molar-refractivity contribution in [3.05, 3.63) is 34.8 Å². The Morgan fingerprint density at radius 2 is 2.07 bits per heavy atom. The van der Waals surface area contributed by atoms with Gasteiger partial charge in [-0.25, -0.2) is 0 Å². The summed E-state index contributed by atoms with van der Waals surface area (Å²) in [5.74, 6) is 1.62. The van der Waals surface area contributed by atoms with E-state index in [1.165, 1.54) is 17.4 Å². The number of hydrogen-bond donors (Lipinski definition) is 1. The SMILES string of the molecule is COCc1nnc(NC(=O)/C=C/c2ccc(OCCC(C)C)c(OC)c2)s1. The van der Waals surface area contributed by atoms with Crippen LogP contribution in [-0.4, -0.2) is 36.9 Å². The Bertz CT molecular complexity index is 774. The number of benzene rings is 1. The topological polar surface area (TPSA) is 82.6 Å². The Balaban J connectivity index is 1.95. The number of hydrogen-bond acceptors (Lipinski definition) is 7. The van der Waals surface area contributed by atoms with Crippen molar-refractivity contribution in [3.63, 3.8) is 0 Å². The second kappa shape index (κ2) is 10.6. The third-order valence-corrected chi connectivity index (χ3v) is 4.34. The van der Waals surface area contributed by atoms with Gasteiger partial charge in [-0.1, -0.05) is 31.3 Å². The summed E-state index contributed by atoms with van der Waals surface area (Å²) >= 11 is 1.28. The average molecular weight is 391 g/mol. The molecule has 1 aromatic heterocycles. The third-order valence-electron chi connectivity index (χ3n) is 3.53. The zero-order valence-electron chi connectivity index (χ0n) is 16.0. The van der Waals surface area contributed by atoms with Crippen molar-refractivity contribution >= 4 is 28.5 Å². The summed E-state index contributed by atoms with van der Waals surface area (Å²) in [6, 6.07) is 5.55. The molecular formula is C19H25N3O4S. The van der Waals surface area contributed by atoms with E-state index in [2.05, 4.69) is 29.4 Å². The van der Waals surface area contributed by atoms with Crippen LogP contribution in [0.25, 0.3) is 6.08 Å². The van der Waals surface area contributed by atoms with Gasteiger partial charge in [-0.05, 0) is 36.1 Å². The van der Waals surface area contributed by atoms with Gasteiger partial charge in [0.1, 0.15) is 11.6 Å². The van der Waals surface area contributed by atoms with Gasteiger partial charge in [-0.15, -0.1) is 10.2 Å². The Kier molecular flexibility index (Phi) is 8.22. The normalized spacial score (nSPS) is 11.1. The number of nitrogens with one attached hydrogen (secondary N) is 1. The molecule has 1 N–H and O–H groups in total. The van der Waals surface area contributed by atoms with Crippen LogP contribution in [0.4, 0.5) is 5.13 Å². The van der Waals surface area contributed by atoms with Gasteiger partial charge in [0.2, 0.25) is 11.0 Å². The van der Waals surface area contributed by atoms with Gasteiger partial charge in [-0.3, -0.25) is 10.1 Å². The molecule has 0 aliphatic carbocycles. The predicted octanol–water partition coefficient (Wildman–Crippen LogP) is 3.77. The fraction of sp³-hybridized carbons (Fsp3) is 0.421. The minimum absolute atomic E-state index is 0.286. The zero-order chi connectivity index (χ0) is 19.6. The molecule has 0 radical (unpaired) electrons. The first-order valence-corrected chi connectivity index (χ1v) is 9.44. The maximum absolute atomic E-state index is 12.0. The largest absolute Gasteiger partial charge is 0.493 e. The van der Waals surface area contributed by atoms with E-state index in [1.807, 2.05) is 18.2 Å². The van der Waals surface area contributed by atoms with Crippen LogP contribution in [0.15, 0.2) is 24.3 Å². The molecule has 0 aliphatic rings. The van der Waals surface area contributed by atoms with Crippen molar-refractivity contribution in [1.29, 1.82) is 0 Å². The van der Waals surface area contributed by atoms with E-state index >= 15 is 0 Å². The minimum atomic E-state index is -0.286. The molecule has 0 spiro atoms. The van der Waals surface area contributed by atoms with Gasteiger partial charge in [0.05, 0.1) is 13.7 Å². The Hall–Kier alpha value is -2.45. The van der Waals surface area contributed by atoms with Crippen LogP contribution in [0.1, 0.15) is 30.8 Å². The van der Waals surface area contributed by atoms with E-state index < -0.39 is 0 Å². The van der Waals surface area contributed by atoms with E-state index in [0.29, 0.717) is 40.8 Å². The molecular weight excluding hydrogens is 366 g/mol. The molecule has 2 aromatic rings. The van der Waals surface area contributed by atoms with Crippen LogP contribution in [0.5, 0.6) is 11.5 Å². The van der Waals surface area contributed by atoms with Crippen LogP contribution < -0.4 is 14.8 Å². The fourth-order valence-corrected chi connectivity index (χ4v) is 2.83. The van der Waals surface area contributed by atoms with Gasteiger partial charge in [0.15, 0.2) is 11.5 Å². The van der Waals surface area contributed by atoms with Gasteiger partial charge >= 0.3 is 0 Å². The molecule has 1 aromatic carbocycles. The summed E-state index contributed by atoms with van der Waals surface area (Å²) < 4.78 is 16.1. The van der Waals surface area contributed by atoms with Crippen LogP contribution in [0.3, 0.4) is 0 Å². The maximum Gasteiger partial charge on any atom is 0.250 e. The lowest BCUT2D eigenvalue weighted by atomic mass is 10.1. The molecule has 0 unspecified atom stereocenters. The summed E-state index contributed by atoms with van der Waals surface area (Å²) in [5, 5.41) is 11.6. The highest BCUT2D eigenvalue weighted by Gasteiger charge is 2.07. The summed E-state index contributed by atoms with van der Waals surface area (Å²) in [5.41, 5.74) is 0.829. The highest BCUT2D eigenvalue weighted by molar-refractivity contribution is 7.15. The first kappa shape index (κ1) is 20.9. The molecule has 0 saturated heterocycles. The number of aromatic nitrogens is 2. The number of amides is 1. The molecule has 7 nitrogen and oxygen atoms in total. The molecule has 27 heavy (non-hydrogen) atoms. The van der Waals surface area contributed by atoms with Crippen molar-refractivity contribution in [1.82, 2.24) is 10.2 Å². The number of methoxy groups -OCH3 is 2. The highest BCUT2D eigenvalue weighted by atomic mass is 32.1. The predicted molar refractivity (Wildman–Crippen MR) is 106 cm³/mol. The first-order chi connectivity index (χ1) is 13.0. The highest BCUT2D eigenvalue weighted by Crippen LogP contribution is 2.29. The Morgan fingerprint density at radius 3 is 2.78 bits per heavy atom. The Labute approximate surface area is 163 Å². The summed E-state index contributed by atoms with van der Waals surface area (Å²) in [7, 11) is 3.18. The lowest BCUT2D eigenvalue weighted by Gasteiger charge is -2.12. The van der Waals surface area contributed by atoms with Crippen LogP contribution in [0.2, 0.25) is 0 Å². The number of rotatable bonds is 10. The van der Waals surface area contributed by atoms with Crippen molar-refractivity contribution in [2.75, 3.05) is 26.1 Å². The second-order valence-corrected chi connectivity index (χ2v) is 7.26. The van der Waals surface area contributed by atoms with E-state index in [1.54, 1.807) is 20.3 Å². The van der Waals surface area contributed by atoms with Crippen LogP contribution in [0, 0.1) is 5.92 Å². The summed E-state index contributed by atoms with van der Waals surface area (Å²) in [6.07, 6.45) is 4.11. The number of carbonyl (C=O) groups is 1. The minimum Gasteiger partial charge on any atom is -0.493 e. The van der Waals surface area contributed by atoms with E-state index in [9.17, 15) is 4.79 Å². The van der Waals surface area contributed by atoms with Crippen molar-refractivity contribution in [2.45, 2.75) is 26.9 Å². The third kappa shape index (κ3) is 6.99. The number of carbonyl (C=O) groups excluding carboxylic acids is 1. The molecule has 1 amide bonds. The zero-order valence-corrected chi connectivity index (χ0v) is 16.8. The lowest BCUT2D eigenvalue weighted by Crippen LogP contribution is -2.07.